The van der Waals surface area contributed by atoms with Gasteiger partial charge in [0.25, 0.3) is 0 Å². The van der Waals surface area contributed by atoms with Crippen LogP contribution in [0.2, 0.25) is 5.02 Å². The van der Waals surface area contributed by atoms with Gasteiger partial charge in [0.05, 0.1) is 0 Å². The summed E-state index contributed by atoms with van der Waals surface area (Å²) < 4.78 is 0. The van der Waals surface area contributed by atoms with Gasteiger partial charge < -0.3 is 5.73 Å². The first-order valence-corrected chi connectivity index (χ1v) is 7.78. The van der Waals surface area contributed by atoms with Crippen molar-refractivity contribution >= 4 is 11.6 Å². The zero-order chi connectivity index (χ0) is 13.9. The van der Waals surface area contributed by atoms with Crippen molar-refractivity contribution in [2.24, 2.45) is 5.73 Å². The Morgan fingerprint density at radius 3 is 2.42 bits per heavy atom. The Balaban J connectivity index is 2.33. The molecule has 0 bridgehead atoms. The Bertz CT molecular complexity index is 409. The van der Waals surface area contributed by atoms with Crippen molar-refractivity contribution < 1.29 is 0 Å². The minimum absolute atomic E-state index is 0.0496. The highest BCUT2D eigenvalue weighted by atomic mass is 35.5. The van der Waals surface area contributed by atoms with E-state index in [1.807, 2.05) is 18.2 Å². The van der Waals surface area contributed by atoms with E-state index >= 15 is 0 Å². The lowest BCUT2D eigenvalue weighted by molar-refractivity contribution is 0.0770. The highest BCUT2D eigenvalue weighted by Crippen LogP contribution is 2.43. The van der Waals surface area contributed by atoms with E-state index in [1.165, 1.54) is 31.2 Å². The van der Waals surface area contributed by atoms with Gasteiger partial charge in [-0.1, -0.05) is 50.4 Å². The molecule has 0 spiro atoms. The molecule has 1 atom stereocenters. The van der Waals surface area contributed by atoms with Crippen LogP contribution in [-0.2, 0) is 0 Å². The molecule has 106 valence electrons. The number of benzene rings is 1. The fourth-order valence-electron chi connectivity index (χ4n) is 3.67. The predicted molar refractivity (Wildman–Crippen MR) is 82.5 cm³/mol. The van der Waals surface area contributed by atoms with Crippen molar-refractivity contribution in [1.82, 2.24) is 4.90 Å². The molecule has 1 saturated carbocycles. The summed E-state index contributed by atoms with van der Waals surface area (Å²) in [6.45, 7) is 6.58. The molecule has 1 unspecified atom stereocenters. The molecule has 1 fully saturated rings. The lowest BCUT2D eigenvalue weighted by atomic mass is 9.82. The van der Waals surface area contributed by atoms with E-state index in [1.54, 1.807) is 0 Å². The number of nitrogens with two attached hydrogens (primary N) is 1. The molecule has 0 amide bonds. The second kappa shape index (κ2) is 6.25. The van der Waals surface area contributed by atoms with Crippen molar-refractivity contribution in [1.29, 1.82) is 0 Å². The van der Waals surface area contributed by atoms with E-state index in [9.17, 15) is 0 Å². The van der Waals surface area contributed by atoms with Crippen LogP contribution < -0.4 is 5.73 Å². The van der Waals surface area contributed by atoms with Crippen LogP contribution in [0.4, 0.5) is 0 Å². The topological polar surface area (TPSA) is 29.3 Å². The average Bonchev–Trinajstić information content (AvgIpc) is 2.90. The monoisotopic (exact) mass is 280 g/mol. The molecule has 1 aliphatic carbocycles. The molecule has 19 heavy (non-hydrogen) atoms. The van der Waals surface area contributed by atoms with E-state index < -0.39 is 0 Å². The molecule has 1 aromatic carbocycles. The second-order valence-electron chi connectivity index (χ2n) is 5.52. The fourth-order valence-corrected chi connectivity index (χ4v) is 3.87. The van der Waals surface area contributed by atoms with Crippen molar-refractivity contribution in [2.45, 2.75) is 51.1 Å². The number of nitrogens with zero attached hydrogens (tertiary/aromatic N) is 1. The Morgan fingerprint density at radius 1 is 1.26 bits per heavy atom. The van der Waals surface area contributed by atoms with Gasteiger partial charge in [-0.15, -0.1) is 0 Å². The van der Waals surface area contributed by atoms with E-state index in [0.29, 0.717) is 0 Å². The first kappa shape index (κ1) is 14.8. The van der Waals surface area contributed by atoms with Gasteiger partial charge in [0, 0.05) is 16.6 Å². The van der Waals surface area contributed by atoms with Gasteiger partial charge in [0.1, 0.15) is 0 Å². The molecule has 0 heterocycles. The molecule has 1 aromatic rings. The van der Waals surface area contributed by atoms with Crippen molar-refractivity contribution in [3.05, 3.63) is 34.9 Å². The molecule has 3 heteroatoms. The van der Waals surface area contributed by atoms with Crippen LogP contribution in [0.1, 0.15) is 51.1 Å². The predicted octanol–water partition coefficient (Wildman–Crippen LogP) is 3.99. The summed E-state index contributed by atoms with van der Waals surface area (Å²) >= 11 is 6.12. The largest absolute Gasteiger partial charge is 0.322 e. The molecule has 0 saturated heterocycles. The Kier molecular flexibility index (Phi) is 4.88. The van der Waals surface area contributed by atoms with E-state index in [2.05, 4.69) is 24.8 Å². The maximum atomic E-state index is 6.66. The van der Waals surface area contributed by atoms with Crippen LogP contribution in [-0.4, -0.2) is 23.5 Å². The summed E-state index contributed by atoms with van der Waals surface area (Å²) in [6.07, 6.45) is 4.96. The van der Waals surface area contributed by atoms with Gasteiger partial charge in [-0.05, 0) is 43.6 Å². The molecule has 2 nitrogen and oxygen atoms in total. The van der Waals surface area contributed by atoms with Crippen LogP contribution >= 0.6 is 11.6 Å². The van der Waals surface area contributed by atoms with Crippen LogP contribution in [0.3, 0.4) is 0 Å². The zero-order valence-electron chi connectivity index (χ0n) is 12.0. The van der Waals surface area contributed by atoms with Crippen molar-refractivity contribution in [3.8, 4) is 0 Å². The molecule has 0 aromatic heterocycles. The summed E-state index contributed by atoms with van der Waals surface area (Å²) in [5.74, 6) is 0. The maximum absolute atomic E-state index is 6.66. The van der Waals surface area contributed by atoms with E-state index in [-0.39, 0.29) is 11.6 Å². The number of rotatable bonds is 5. The highest BCUT2D eigenvalue weighted by molar-refractivity contribution is 6.30. The number of likely N-dealkylation sites (N-methyl/N-ethyl adjacent to an activating group) is 1. The fraction of sp³-hybridized carbons (Fsp3) is 0.625. The number of halogens is 1. The highest BCUT2D eigenvalue weighted by Gasteiger charge is 2.43. The Labute approximate surface area is 121 Å². The lowest BCUT2D eigenvalue weighted by Crippen LogP contribution is -2.53. The summed E-state index contributed by atoms with van der Waals surface area (Å²) in [5.41, 5.74) is 7.94. The Morgan fingerprint density at radius 2 is 1.89 bits per heavy atom. The third kappa shape index (κ3) is 2.81. The lowest BCUT2D eigenvalue weighted by Gasteiger charge is -2.45. The molecular formula is C16H25ClN2. The van der Waals surface area contributed by atoms with E-state index in [4.69, 9.17) is 17.3 Å². The Hall–Kier alpha value is -0.570. The number of hydrogen-bond donors (Lipinski definition) is 1. The van der Waals surface area contributed by atoms with Crippen LogP contribution in [0.5, 0.6) is 0 Å². The third-order valence-electron chi connectivity index (χ3n) is 4.65. The number of hydrogen-bond acceptors (Lipinski definition) is 2. The minimum Gasteiger partial charge on any atom is -0.322 e. The van der Waals surface area contributed by atoms with Crippen LogP contribution in [0.15, 0.2) is 24.3 Å². The van der Waals surface area contributed by atoms with Crippen LogP contribution in [0, 0.1) is 0 Å². The smallest absolute Gasteiger partial charge is 0.0482 e. The van der Waals surface area contributed by atoms with Gasteiger partial charge in [-0.3, -0.25) is 4.90 Å². The maximum Gasteiger partial charge on any atom is 0.0482 e. The van der Waals surface area contributed by atoms with Gasteiger partial charge >= 0.3 is 0 Å². The molecule has 0 aliphatic heterocycles. The normalized spacial score (nSPS) is 19.8. The third-order valence-corrected chi connectivity index (χ3v) is 4.88. The zero-order valence-corrected chi connectivity index (χ0v) is 12.8. The quantitative estimate of drug-likeness (QED) is 0.883. The van der Waals surface area contributed by atoms with Gasteiger partial charge in [0.2, 0.25) is 0 Å². The first-order valence-electron chi connectivity index (χ1n) is 7.40. The first-order chi connectivity index (χ1) is 9.14. The standard InChI is InChI=1S/C16H25ClN2/c1-3-19(4-2)16(10-5-6-11-16)15(18)13-8-7-9-14(17)12-13/h7-9,12,15H,3-6,10-11,18H2,1-2H3. The van der Waals surface area contributed by atoms with E-state index in [0.717, 1.165) is 18.1 Å². The second-order valence-corrected chi connectivity index (χ2v) is 5.95. The summed E-state index contributed by atoms with van der Waals surface area (Å²) in [7, 11) is 0. The molecular weight excluding hydrogens is 256 g/mol. The SMILES string of the molecule is CCN(CC)C1(C(N)c2cccc(Cl)c2)CCCC1. The van der Waals surface area contributed by atoms with Gasteiger partial charge in [-0.2, -0.15) is 0 Å². The molecule has 2 N–H and O–H groups in total. The van der Waals surface area contributed by atoms with Crippen molar-refractivity contribution in [3.63, 3.8) is 0 Å². The summed E-state index contributed by atoms with van der Waals surface area (Å²) in [6, 6.07) is 8.10. The van der Waals surface area contributed by atoms with Gasteiger partial charge in [-0.25, -0.2) is 0 Å². The minimum atomic E-state index is 0.0496. The van der Waals surface area contributed by atoms with Crippen LogP contribution in [0.25, 0.3) is 0 Å². The van der Waals surface area contributed by atoms with Gasteiger partial charge in [0.15, 0.2) is 0 Å². The molecule has 2 rings (SSSR count). The average molecular weight is 281 g/mol. The summed E-state index contributed by atoms with van der Waals surface area (Å²) in [5, 5.41) is 0.778. The molecule has 1 aliphatic rings. The van der Waals surface area contributed by atoms with Crippen molar-refractivity contribution in [2.75, 3.05) is 13.1 Å². The summed E-state index contributed by atoms with van der Waals surface area (Å²) in [4.78, 5) is 2.55. The molecule has 0 radical (unpaired) electrons.